The molecule has 0 radical (unpaired) electrons. The van der Waals surface area contributed by atoms with Crippen molar-refractivity contribution in [3.63, 3.8) is 0 Å². The van der Waals surface area contributed by atoms with Crippen molar-refractivity contribution in [1.82, 2.24) is 10.6 Å². The van der Waals surface area contributed by atoms with E-state index < -0.39 is 5.60 Å². The molecule has 4 nitrogen and oxygen atoms in total. The van der Waals surface area contributed by atoms with Gasteiger partial charge in [-0.25, -0.2) is 4.79 Å². The molecule has 0 aliphatic heterocycles. The minimum atomic E-state index is -0.406. The number of carbonyl (C=O) groups excluding carboxylic acids is 1. The van der Waals surface area contributed by atoms with Gasteiger partial charge < -0.3 is 15.4 Å². The van der Waals surface area contributed by atoms with E-state index in [1.165, 1.54) is 0 Å². The number of ether oxygens (including phenoxy) is 1. The number of rotatable bonds is 3. The van der Waals surface area contributed by atoms with E-state index in [0.717, 1.165) is 25.8 Å². The molecule has 0 aromatic carbocycles. The van der Waals surface area contributed by atoms with Crippen molar-refractivity contribution < 1.29 is 9.53 Å². The van der Waals surface area contributed by atoms with Gasteiger partial charge in [0.2, 0.25) is 0 Å². The fraction of sp³-hybridized carbons (Fsp3) is 0.917. The molecule has 3 saturated carbocycles. The van der Waals surface area contributed by atoms with Crippen molar-refractivity contribution in [3.05, 3.63) is 0 Å². The predicted molar refractivity (Wildman–Crippen MR) is 62.3 cm³/mol. The molecule has 2 bridgehead atoms. The first-order valence-electron chi connectivity index (χ1n) is 5.94. The monoisotopic (exact) mass is 226 g/mol. The Morgan fingerprint density at radius 2 is 1.88 bits per heavy atom. The molecule has 2 N–H and O–H groups in total. The maximum atomic E-state index is 11.6. The molecule has 3 aliphatic carbocycles. The highest BCUT2D eigenvalue weighted by Gasteiger charge is 2.68. The van der Waals surface area contributed by atoms with Crippen molar-refractivity contribution in [2.75, 3.05) is 13.6 Å². The predicted octanol–water partition coefficient (Wildman–Crippen LogP) is 1.65. The van der Waals surface area contributed by atoms with Gasteiger partial charge in [-0.05, 0) is 52.5 Å². The van der Waals surface area contributed by atoms with Crippen LogP contribution in [0.25, 0.3) is 0 Å². The Bertz CT molecular complexity index is 287. The lowest BCUT2D eigenvalue weighted by Gasteiger charge is -2.70. The third-order valence-electron chi connectivity index (χ3n) is 3.46. The summed E-state index contributed by atoms with van der Waals surface area (Å²) >= 11 is 0. The average Bonchev–Trinajstić information content (AvgIpc) is 1.94. The molecule has 0 unspecified atom stereocenters. The van der Waals surface area contributed by atoms with Crippen molar-refractivity contribution in [1.29, 1.82) is 0 Å². The Morgan fingerprint density at radius 1 is 1.31 bits per heavy atom. The number of hydrogen-bond acceptors (Lipinski definition) is 3. The van der Waals surface area contributed by atoms with Gasteiger partial charge in [0.1, 0.15) is 5.60 Å². The zero-order valence-electron chi connectivity index (χ0n) is 10.6. The van der Waals surface area contributed by atoms with E-state index in [1.54, 1.807) is 0 Å². The van der Waals surface area contributed by atoms with Crippen LogP contribution in [0.5, 0.6) is 0 Å². The summed E-state index contributed by atoms with van der Waals surface area (Å²) < 4.78 is 5.26. The molecule has 0 saturated heterocycles. The molecule has 3 aliphatic rings. The molecule has 0 aromatic heterocycles. The second-order valence-corrected chi connectivity index (χ2v) is 6.47. The molecule has 16 heavy (non-hydrogen) atoms. The summed E-state index contributed by atoms with van der Waals surface area (Å²) in [5.74, 6) is 0. The molecule has 92 valence electrons. The van der Waals surface area contributed by atoms with Crippen LogP contribution in [-0.4, -0.2) is 30.8 Å². The van der Waals surface area contributed by atoms with Gasteiger partial charge in [-0.1, -0.05) is 0 Å². The molecule has 4 heteroatoms. The summed E-state index contributed by atoms with van der Waals surface area (Å²) in [4.78, 5) is 11.6. The lowest BCUT2D eigenvalue weighted by atomic mass is 9.39. The minimum Gasteiger partial charge on any atom is -0.444 e. The van der Waals surface area contributed by atoms with E-state index in [2.05, 4.69) is 10.6 Å². The van der Waals surface area contributed by atoms with Crippen LogP contribution in [0.2, 0.25) is 0 Å². The summed E-state index contributed by atoms with van der Waals surface area (Å²) in [7, 11) is 1.98. The van der Waals surface area contributed by atoms with E-state index in [1.807, 2.05) is 27.8 Å². The number of hydrogen-bond donors (Lipinski definition) is 2. The molecular formula is C12H22N2O2. The number of alkyl carbamates (subject to hydrolysis) is 1. The molecule has 3 fully saturated rings. The molecule has 0 heterocycles. The standard InChI is InChI=1S/C12H22N2O2/c1-10(2,3)16-9(15)14-12-5-11(6-12,7-12)8-13-4/h13H,5-8H2,1-4H3,(H,14,15). The Kier molecular flexibility index (Phi) is 2.46. The lowest BCUT2D eigenvalue weighted by Crippen LogP contribution is -2.76. The highest BCUT2D eigenvalue weighted by Crippen LogP contribution is 2.66. The molecule has 1 amide bonds. The van der Waals surface area contributed by atoms with Gasteiger partial charge in [0.15, 0.2) is 0 Å². The zero-order valence-corrected chi connectivity index (χ0v) is 10.6. The summed E-state index contributed by atoms with van der Waals surface area (Å²) in [6.45, 7) is 6.72. The van der Waals surface area contributed by atoms with Crippen molar-refractivity contribution in [2.24, 2.45) is 5.41 Å². The van der Waals surface area contributed by atoms with E-state index in [4.69, 9.17) is 4.74 Å². The first-order valence-corrected chi connectivity index (χ1v) is 5.94. The Labute approximate surface area is 97.1 Å². The van der Waals surface area contributed by atoms with Crippen molar-refractivity contribution in [3.8, 4) is 0 Å². The minimum absolute atomic E-state index is 0.0547. The van der Waals surface area contributed by atoms with E-state index in [-0.39, 0.29) is 11.6 Å². The second-order valence-electron chi connectivity index (χ2n) is 6.47. The Balaban J connectivity index is 1.76. The molecule has 0 aromatic rings. The van der Waals surface area contributed by atoms with Crippen LogP contribution in [-0.2, 0) is 4.74 Å². The van der Waals surface area contributed by atoms with E-state index in [9.17, 15) is 4.79 Å². The molecule has 3 rings (SSSR count). The zero-order chi connectivity index (χ0) is 12.0. The van der Waals surface area contributed by atoms with E-state index >= 15 is 0 Å². The Morgan fingerprint density at radius 3 is 2.31 bits per heavy atom. The molecule has 0 atom stereocenters. The van der Waals surface area contributed by atoms with Crippen LogP contribution >= 0.6 is 0 Å². The van der Waals surface area contributed by atoms with Crippen LogP contribution < -0.4 is 10.6 Å². The molecular weight excluding hydrogens is 204 g/mol. The topological polar surface area (TPSA) is 50.4 Å². The number of nitrogens with one attached hydrogen (secondary N) is 2. The van der Waals surface area contributed by atoms with Gasteiger partial charge in [0.25, 0.3) is 0 Å². The third kappa shape index (κ3) is 2.03. The maximum Gasteiger partial charge on any atom is 0.408 e. The SMILES string of the molecule is CNCC12CC(NC(=O)OC(C)(C)C)(C1)C2. The summed E-state index contributed by atoms with van der Waals surface area (Å²) in [5, 5.41) is 6.22. The maximum absolute atomic E-state index is 11.6. The third-order valence-corrected chi connectivity index (χ3v) is 3.46. The van der Waals surface area contributed by atoms with Crippen LogP contribution in [0.1, 0.15) is 40.0 Å². The largest absolute Gasteiger partial charge is 0.444 e. The fourth-order valence-corrected chi connectivity index (χ4v) is 3.21. The van der Waals surface area contributed by atoms with Gasteiger partial charge in [-0.15, -0.1) is 0 Å². The lowest BCUT2D eigenvalue weighted by molar-refractivity contribution is -0.147. The van der Waals surface area contributed by atoms with Gasteiger partial charge in [0, 0.05) is 12.1 Å². The first-order chi connectivity index (χ1) is 7.28. The first kappa shape index (κ1) is 11.7. The summed E-state index contributed by atoms with van der Waals surface area (Å²) in [6, 6.07) is 0. The number of amides is 1. The second kappa shape index (κ2) is 3.36. The average molecular weight is 226 g/mol. The smallest absolute Gasteiger partial charge is 0.408 e. The van der Waals surface area contributed by atoms with Crippen molar-refractivity contribution in [2.45, 2.75) is 51.2 Å². The van der Waals surface area contributed by atoms with Gasteiger partial charge >= 0.3 is 6.09 Å². The highest BCUT2D eigenvalue weighted by molar-refractivity contribution is 5.69. The quantitative estimate of drug-likeness (QED) is 0.769. The van der Waals surface area contributed by atoms with E-state index in [0.29, 0.717) is 5.41 Å². The van der Waals surface area contributed by atoms with Crippen molar-refractivity contribution >= 4 is 6.09 Å². The van der Waals surface area contributed by atoms with Gasteiger partial charge in [-0.3, -0.25) is 0 Å². The van der Waals surface area contributed by atoms with Crippen LogP contribution in [0.4, 0.5) is 4.79 Å². The molecule has 0 spiro atoms. The normalized spacial score (nSPS) is 36.0. The van der Waals surface area contributed by atoms with Crippen LogP contribution in [0.15, 0.2) is 0 Å². The van der Waals surface area contributed by atoms with Crippen LogP contribution in [0, 0.1) is 5.41 Å². The summed E-state index contributed by atoms with van der Waals surface area (Å²) in [5.41, 5.74) is 0.110. The van der Waals surface area contributed by atoms with Gasteiger partial charge in [0.05, 0.1) is 0 Å². The van der Waals surface area contributed by atoms with Crippen LogP contribution in [0.3, 0.4) is 0 Å². The Hall–Kier alpha value is -0.770. The fourth-order valence-electron chi connectivity index (χ4n) is 3.21. The number of carbonyl (C=O) groups is 1. The highest BCUT2D eigenvalue weighted by atomic mass is 16.6. The van der Waals surface area contributed by atoms with Gasteiger partial charge in [-0.2, -0.15) is 0 Å². The summed E-state index contributed by atoms with van der Waals surface area (Å²) in [6.07, 6.45) is 3.02.